The summed E-state index contributed by atoms with van der Waals surface area (Å²) in [4.78, 5) is 21.9. The zero-order chi connectivity index (χ0) is 21.2. The third-order valence-electron chi connectivity index (χ3n) is 5.72. The smallest absolute Gasteiger partial charge is 0.310 e. The molecule has 0 radical (unpaired) electrons. The lowest BCUT2D eigenvalue weighted by Crippen LogP contribution is -2.27. The third-order valence-corrected chi connectivity index (χ3v) is 6.88. The van der Waals surface area contributed by atoms with Crippen molar-refractivity contribution in [2.24, 2.45) is 5.92 Å². The van der Waals surface area contributed by atoms with Crippen LogP contribution in [0.1, 0.15) is 42.5 Å². The van der Waals surface area contributed by atoms with Crippen LogP contribution >= 0.6 is 11.3 Å². The van der Waals surface area contributed by atoms with E-state index in [4.69, 9.17) is 14.1 Å². The molecule has 0 N–H and O–H groups in total. The van der Waals surface area contributed by atoms with E-state index < -0.39 is 0 Å². The van der Waals surface area contributed by atoms with Gasteiger partial charge in [0, 0.05) is 11.5 Å². The van der Waals surface area contributed by atoms with E-state index in [0.717, 1.165) is 46.5 Å². The summed E-state index contributed by atoms with van der Waals surface area (Å²) in [5, 5.41) is 1.01. The fraction of sp³-hybridized carbons (Fsp3) is 0.292. The molecule has 0 amide bonds. The topological polar surface area (TPSA) is 65.2 Å². The molecule has 31 heavy (non-hydrogen) atoms. The van der Waals surface area contributed by atoms with Gasteiger partial charge in [0.25, 0.3) is 0 Å². The van der Waals surface area contributed by atoms with Crippen LogP contribution in [-0.2, 0) is 16.1 Å². The van der Waals surface area contributed by atoms with E-state index in [1.807, 2.05) is 18.2 Å². The minimum absolute atomic E-state index is 0.0247. The van der Waals surface area contributed by atoms with Gasteiger partial charge in [-0.3, -0.25) is 4.79 Å². The number of para-hydroxylation sites is 1. The van der Waals surface area contributed by atoms with Gasteiger partial charge in [-0.2, -0.15) is 0 Å². The highest BCUT2D eigenvalue weighted by atomic mass is 32.1. The first kappa shape index (κ1) is 19.9. The Balaban J connectivity index is 1.27. The Labute approximate surface area is 182 Å². The van der Waals surface area contributed by atoms with Gasteiger partial charge in [0.1, 0.15) is 5.82 Å². The summed E-state index contributed by atoms with van der Waals surface area (Å²) in [5.74, 6) is 0.160. The van der Waals surface area contributed by atoms with Gasteiger partial charge in [-0.25, -0.2) is 14.4 Å². The Morgan fingerprint density at radius 2 is 1.94 bits per heavy atom. The number of halogens is 1. The molecule has 1 saturated carbocycles. The Morgan fingerprint density at radius 1 is 1.13 bits per heavy atom. The van der Waals surface area contributed by atoms with Gasteiger partial charge in [0.15, 0.2) is 12.4 Å². The number of carbonyl (C=O) groups is 1. The molecule has 5 nitrogen and oxygen atoms in total. The zero-order valence-corrected chi connectivity index (χ0v) is 17.6. The maximum absolute atomic E-state index is 13.1. The van der Waals surface area contributed by atoms with E-state index in [0.29, 0.717) is 11.7 Å². The van der Waals surface area contributed by atoms with E-state index >= 15 is 0 Å². The Morgan fingerprint density at radius 3 is 2.77 bits per heavy atom. The lowest BCUT2D eigenvalue weighted by Gasteiger charge is -2.28. The van der Waals surface area contributed by atoms with Gasteiger partial charge in [0.2, 0.25) is 5.89 Å². The molecule has 0 spiro atoms. The van der Waals surface area contributed by atoms with E-state index in [2.05, 4.69) is 11.1 Å². The van der Waals surface area contributed by atoms with Crippen molar-refractivity contribution < 1.29 is 18.3 Å². The summed E-state index contributed by atoms with van der Waals surface area (Å²) < 4.78 is 25.5. The van der Waals surface area contributed by atoms with E-state index in [9.17, 15) is 9.18 Å². The van der Waals surface area contributed by atoms with Crippen LogP contribution in [0.2, 0.25) is 0 Å². The largest absolute Gasteiger partial charge is 0.455 e. The number of ether oxygens (including phenoxy) is 1. The average Bonchev–Trinajstić information content (AvgIpc) is 3.45. The van der Waals surface area contributed by atoms with Crippen molar-refractivity contribution in [1.82, 2.24) is 9.97 Å². The number of benzene rings is 2. The second-order valence-electron chi connectivity index (χ2n) is 7.75. The first-order chi connectivity index (χ1) is 15.2. The molecular formula is C24H21FN2O3S. The maximum atomic E-state index is 13.1. The molecule has 1 aliphatic rings. The van der Waals surface area contributed by atoms with E-state index in [1.165, 1.54) is 12.1 Å². The van der Waals surface area contributed by atoms with Crippen molar-refractivity contribution in [2.75, 3.05) is 0 Å². The molecule has 158 valence electrons. The molecule has 2 aromatic carbocycles. The summed E-state index contributed by atoms with van der Waals surface area (Å²) in [6.07, 6.45) is 5.39. The molecule has 4 aromatic rings. The average molecular weight is 437 g/mol. The summed E-state index contributed by atoms with van der Waals surface area (Å²) >= 11 is 1.66. The quantitative estimate of drug-likeness (QED) is 0.353. The lowest BCUT2D eigenvalue weighted by molar-refractivity contribution is -0.152. The molecule has 0 unspecified atom stereocenters. The highest BCUT2D eigenvalue weighted by Crippen LogP contribution is 2.41. The number of rotatable bonds is 5. The molecule has 2 aromatic heterocycles. The second kappa shape index (κ2) is 8.59. The predicted molar refractivity (Wildman–Crippen MR) is 116 cm³/mol. The number of oxazole rings is 1. The van der Waals surface area contributed by atoms with Gasteiger partial charge in [-0.05, 0) is 49.2 Å². The molecular weight excluding hydrogens is 415 g/mol. The minimum Gasteiger partial charge on any atom is -0.455 e. The molecule has 1 fully saturated rings. The molecule has 2 heterocycles. The highest BCUT2D eigenvalue weighted by Gasteiger charge is 2.35. The van der Waals surface area contributed by atoms with Gasteiger partial charge in [-0.1, -0.05) is 25.0 Å². The van der Waals surface area contributed by atoms with Gasteiger partial charge in [0.05, 0.1) is 27.3 Å². The third kappa shape index (κ3) is 4.23. The molecule has 1 aliphatic carbocycles. The monoisotopic (exact) mass is 436 g/mol. The predicted octanol–water partition coefficient (Wildman–Crippen LogP) is 6.11. The highest BCUT2D eigenvalue weighted by molar-refractivity contribution is 7.18. The Bertz CT molecular complexity index is 1170. The number of aromatic nitrogens is 2. The van der Waals surface area contributed by atoms with Crippen molar-refractivity contribution >= 4 is 27.5 Å². The summed E-state index contributed by atoms with van der Waals surface area (Å²) in [5.41, 5.74) is 1.70. The van der Waals surface area contributed by atoms with Crippen LogP contribution in [0.5, 0.6) is 0 Å². The van der Waals surface area contributed by atoms with Crippen molar-refractivity contribution in [2.45, 2.75) is 38.2 Å². The fourth-order valence-electron chi connectivity index (χ4n) is 4.12. The van der Waals surface area contributed by atoms with Crippen LogP contribution in [0.25, 0.3) is 21.5 Å². The lowest BCUT2D eigenvalue weighted by atomic mass is 9.79. The molecule has 2 atom stereocenters. The second-order valence-corrected chi connectivity index (χ2v) is 8.81. The Kier molecular flexibility index (Phi) is 5.51. The van der Waals surface area contributed by atoms with Crippen LogP contribution in [0, 0.1) is 11.7 Å². The van der Waals surface area contributed by atoms with Crippen LogP contribution in [0.3, 0.4) is 0 Å². The van der Waals surface area contributed by atoms with Crippen LogP contribution < -0.4 is 0 Å². The molecule has 0 bridgehead atoms. The van der Waals surface area contributed by atoms with Crippen LogP contribution in [0.15, 0.2) is 59.1 Å². The SMILES string of the molecule is O=C(OCc1ncc(-c2ccc(F)cc2)o1)[C@H]1CCCC[C@H]1c1nc2ccccc2s1. The normalized spacial score (nSPS) is 18.9. The fourth-order valence-corrected chi connectivity index (χ4v) is 5.29. The standard InChI is InChI=1S/C24H21FN2O3S/c25-16-11-9-15(10-12-16)20-13-26-22(30-20)14-29-24(28)18-6-2-1-5-17(18)23-27-19-7-3-4-8-21(19)31-23/h3-4,7-13,17-18H,1-2,5-6,14H2/t17-,18+/m1/s1. The number of carbonyl (C=O) groups excluding carboxylic acids is 1. The van der Waals surface area contributed by atoms with Gasteiger partial charge < -0.3 is 9.15 Å². The maximum Gasteiger partial charge on any atom is 0.310 e. The summed E-state index contributed by atoms with van der Waals surface area (Å²) in [7, 11) is 0. The number of hydrogen-bond acceptors (Lipinski definition) is 6. The van der Waals surface area contributed by atoms with Crippen molar-refractivity contribution in [1.29, 1.82) is 0 Å². The summed E-state index contributed by atoms with van der Waals surface area (Å²) in [6, 6.07) is 14.0. The molecule has 0 aliphatic heterocycles. The molecule has 5 rings (SSSR count). The van der Waals surface area contributed by atoms with Crippen LogP contribution in [-0.4, -0.2) is 15.9 Å². The number of esters is 1. The van der Waals surface area contributed by atoms with Crippen LogP contribution in [0.4, 0.5) is 4.39 Å². The number of hydrogen-bond donors (Lipinski definition) is 0. The van der Waals surface area contributed by atoms with Crippen molar-refractivity contribution in [3.8, 4) is 11.3 Å². The number of fused-ring (bicyclic) bond motifs is 1. The minimum atomic E-state index is -0.312. The summed E-state index contributed by atoms with van der Waals surface area (Å²) in [6.45, 7) is -0.0247. The first-order valence-electron chi connectivity index (χ1n) is 10.4. The molecule has 7 heteroatoms. The van der Waals surface area contributed by atoms with Crippen molar-refractivity contribution in [3.05, 3.63) is 71.4 Å². The van der Waals surface area contributed by atoms with Gasteiger partial charge in [-0.15, -0.1) is 11.3 Å². The van der Waals surface area contributed by atoms with Crippen molar-refractivity contribution in [3.63, 3.8) is 0 Å². The first-order valence-corrected chi connectivity index (χ1v) is 11.2. The molecule has 0 saturated heterocycles. The van der Waals surface area contributed by atoms with E-state index in [-0.39, 0.29) is 30.2 Å². The van der Waals surface area contributed by atoms with E-state index in [1.54, 1.807) is 29.7 Å². The Hall–Kier alpha value is -3.06. The number of nitrogens with zero attached hydrogens (tertiary/aromatic N) is 2. The zero-order valence-electron chi connectivity index (χ0n) is 16.8. The van der Waals surface area contributed by atoms with Gasteiger partial charge >= 0.3 is 5.97 Å². The number of thiazole rings is 1.